The van der Waals surface area contributed by atoms with Gasteiger partial charge in [0.1, 0.15) is 28.5 Å². The summed E-state index contributed by atoms with van der Waals surface area (Å²) >= 11 is 0. The van der Waals surface area contributed by atoms with Crippen LogP contribution in [0.2, 0.25) is 0 Å². The number of nitrogens with one attached hydrogen (secondary N) is 1. The van der Waals surface area contributed by atoms with Crippen LogP contribution in [0.3, 0.4) is 0 Å². The number of ether oxygens (including phenoxy) is 3. The maximum Gasteiger partial charge on any atom is 0.490 e. The Morgan fingerprint density at radius 3 is 2.16 bits per heavy atom. The molecule has 0 aliphatic rings. The monoisotopic (exact) mass is 690 g/mol. The maximum absolute atomic E-state index is 13.3. The number of halogens is 3. The molecule has 5 rings (SSSR count). The van der Waals surface area contributed by atoms with Gasteiger partial charge in [-0.3, -0.25) is 19.1 Å². The molecule has 5 aromatic rings. The van der Waals surface area contributed by atoms with Crippen molar-refractivity contribution in [2.24, 2.45) is 0 Å². The lowest BCUT2D eigenvalue weighted by atomic mass is 10.1. The number of amides is 1. The van der Waals surface area contributed by atoms with E-state index >= 15 is 0 Å². The van der Waals surface area contributed by atoms with Gasteiger partial charge >= 0.3 is 12.1 Å². The number of fused-ring (bicyclic) bond motifs is 1. The lowest BCUT2D eigenvalue weighted by Gasteiger charge is -2.13. The molecular formula is C35H29F3N4O8. The van der Waals surface area contributed by atoms with Crippen molar-refractivity contribution in [1.29, 1.82) is 0 Å². The lowest BCUT2D eigenvalue weighted by Crippen LogP contribution is -2.28. The summed E-state index contributed by atoms with van der Waals surface area (Å²) in [4.78, 5) is 44.2. The van der Waals surface area contributed by atoms with Crippen molar-refractivity contribution in [1.82, 2.24) is 14.5 Å². The van der Waals surface area contributed by atoms with E-state index in [0.717, 1.165) is 0 Å². The van der Waals surface area contributed by atoms with Crippen LogP contribution in [0.25, 0.3) is 16.6 Å². The van der Waals surface area contributed by atoms with Crippen molar-refractivity contribution in [3.63, 3.8) is 0 Å². The normalized spacial score (nSPS) is 11.0. The summed E-state index contributed by atoms with van der Waals surface area (Å²) in [5.74, 6) is 4.37. The van der Waals surface area contributed by atoms with Crippen LogP contribution in [0.1, 0.15) is 29.8 Å². The van der Waals surface area contributed by atoms with Crippen LogP contribution < -0.4 is 25.1 Å². The van der Waals surface area contributed by atoms with E-state index < -0.39 is 29.2 Å². The van der Waals surface area contributed by atoms with Crippen molar-refractivity contribution < 1.29 is 47.2 Å². The molecule has 3 heterocycles. The number of anilines is 1. The summed E-state index contributed by atoms with van der Waals surface area (Å²) in [5, 5.41) is 20.6. The van der Waals surface area contributed by atoms with Crippen LogP contribution in [0.5, 0.6) is 23.0 Å². The number of carboxylic acids is 1. The zero-order chi connectivity index (χ0) is 36.6. The summed E-state index contributed by atoms with van der Waals surface area (Å²) < 4.78 is 49.9. The van der Waals surface area contributed by atoms with Crippen molar-refractivity contribution >= 4 is 28.6 Å². The predicted octanol–water partition coefficient (Wildman–Crippen LogP) is 5.60. The number of carboxylic acid groups (broad SMARTS) is 1. The molecule has 258 valence electrons. The quantitative estimate of drug-likeness (QED) is 0.183. The Bertz CT molecular complexity index is 2130. The first-order valence-corrected chi connectivity index (χ1v) is 14.4. The first-order valence-electron chi connectivity index (χ1n) is 14.4. The number of pyridine rings is 3. The highest BCUT2D eigenvalue weighted by molar-refractivity contribution is 6.03. The van der Waals surface area contributed by atoms with E-state index in [1.54, 1.807) is 88.9 Å². The molecule has 0 bridgehead atoms. The minimum absolute atomic E-state index is 0.138. The highest BCUT2D eigenvalue weighted by atomic mass is 19.4. The number of aromatic nitrogens is 3. The van der Waals surface area contributed by atoms with E-state index in [9.17, 15) is 27.9 Å². The predicted molar refractivity (Wildman–Crippen MR) is 176 cm³/mol. The van der Waals surface area contributed by atoms with Gasteiger partial charge in [0.15, 0.2) is 11.5 Å². The number of hydrogen-bond donors (Lipinski definition) is 3. The molecule has 0 atom stereocenters. The number of methoxy groups -OCH3 is 2. The number of benzene rings is 2. The van der Waals surface area contributed by atoms with Gasteiger partial charge in [0.05, 0.1) is 25.9 Å². The third-order valence-corrected chi connectivity index (χ3v) is 6.46. The summed E-state index contributed by atoms with van der Waals surface area (Å²) in [5.41, 5.74) is -0.331. The van der Waals surface area contributed by atoms with Crippen molar-refractivity contribution in [2.75, 3.05) is 19.5 Å². The van der Waals surface area contributed by atoms with E-state index in [1.807, 2.05) is 6.07 Å². The van der Waals surface area contributed by atoms with E-state index in [1.165, 1.54) is 23.0 Å². The fourth-order valence-electron chi connectivity index (χ4n) is 4.18. The Labute approximate surface area is 282 Å². The molecule has 0 radical (unpaired) electrons. The molecular weight excluding hydrogens is 661 g/mol. The topological polar surface area (TPSA) is 162 Å². The van der Waals surface area contributed by atoms with E-state index in [-0.39, 0.29) is 11.4 Å². The summed E-state index contributed by atoms with van der Waals surface area (Å²) in [7, 11) is 3.10. The third kappa shape index (κ3) is 9.36. The molecule has 0 saturated carbocycles. The number of carbonyl (C=O) groups is 2. The van der Waals surface area contributed by atoms with Gasteiger partial charge < -0.3 is 29.7 Å². The second-order valence-electron chi connectivity index (χ2n) is 10.7. The van der Waals surface area contributed by atoms with Gasteiger partial charge in [-0.2, -0.15) is 13.2 Å². The molecule has 2 aromatic carbocycles. The van der Waals surface area contributed by atoms with Crippen molar-refractivity contribution in [3.8, 4) is 40.5 Å². The van der Waals surface area contributed by atoms with Gasteiger partial charge in [0.25, 0.3) is 11.5 Å². The van der Waals surface area contributed by atoms with E-state index in [2.05, 4.69) is 27.1 Å². The van der Waals surface area contributed by atoms with E-state index in [4.69, 9.17) is 24.1 Å². The van der Waals surface area contributed by atoms with Crippen molar-refractivity contribution in [2.45, 2.75) is 25.6 Å². The lowest BCUT2D eigenvalue weighted by molar-refractivity contribution is -0.192. The van der Waals surface area contributed by atoms with Gasteiger partial charge in [-0.1, -0.05) is 30.0 Å². The smallest absolute Gasteiger partial charge is 0.490 e. The highest BCUT2D eigenvalue weighted by Gasteiger charge is 2.38. The molecule has 1 amide bonds. The van der Waals surface area contributed by atoms with Gasteiger partial charge in [0.2, 0.25) is 0 Å². The van der Waals surface area contributed by atoms with Crippen LogP contribution in [0.15, 0.2) is 90.1 Å². The van der Waals surface area contributed by atoms with Gasteiger partial charge in [-0.25, -0.2) is 9.78 Å². The van der Waals surface area contributed by atoms with Crippen LogP contribution in [-0.2, 0) is 4.79 Å². The zero-order valence-corrected chi connectivity index (χ0v) is 26.9. The van der Waals surface area contributed by atoms with Gasteiger partial charge in [0, 0.05) is 35.1 Å². The Morgan fingerprint density at radius 2 is 1.58 bits per heavy atom. The molecule has 0 unspecified atom stereocenters. The Kier molecular flexibility index (Phi) is 11.1. The Hall–Kier alpha value is -6.40. The summed E-state index contributed by atoms with van der Waals surface area (Å²) in [6.45, 7) is 3.09. The molecule has 3 N–H and O–H groups in total. The molecule has 50 heavy (non-hydrogen) atoms. The minimum Gasteiger partial charge on any atom is -0.493 e. The average molecular weight is 691 g/mol. The Morgan fingerprint density at radius 1 is 0.920 bits per heavy atom. The number of aliphatic carboxylic acids is 1. The zero-order valence-electron chi connectivity index (χ0n) is 26.9. The number of nitrogens with zero attached hydrogens (tertiary/aromatic N) is 3. The van der Waals surface area contributed by atoms with Crippen LogP contribution >= 0.6 is 0 Å². The number of aliphatic hydroxyl groups is 1. The van der Waals surface area contributed by atoms with Crippen molar-refractivity contribution in [3.05, 3.63) is 107 Å². The molecule has 0 spiro atoms. The fourth-order valence-corrected chi connectivity index (χ4v) is 4.18. The molecule has 0 aliphatic carbocycles. The molecule has 15 heteroatoms. The highest BCUT2D eigenvalue weighted by Crippen LogP contribution is 2.36. The first kappa shape index (κ1) is 36.4. The van der Waals surface area contributed by atoms with Crippen LogP contribution in [0, 0.1) is 11.8 Å². The summed E-state index contributed by atoms with van der Waals surface area (Å²) in [6.07, 6.45) is -0.476. The first-order chi connectivity index (χ1) is 23.6. The van der Waals surface area contributed by atoms with E-state index in [0.29, 0.717) is 45.2 Å². The molecule has 0 aliphatic heterocycles. The fraction of sp³-hybridized carbons (Fsp3) is 0.171. The minimum atomic E-state index is -5.08. The second-order valence-corrected chi connectivity index (χ2v) is 10.7. The van der Waals surface area contributed by atoms with Crippen LogP contribution in [0.4, 0.5) is 19.0 Å². The maximum atomic E-state index is 13.3. The average Bonchev–Trinajstić information content (AvgIpc) is 3.08. The number of alkyl halides is 3. The molecule has 0 saturated heterocycles. The molecule has 0 fully saturated rings. The number of carbonyl (C=O) groups excluding carboxylic acids is 1. The number of hydrogen-bond acceptors (Lipinski definition) is 9. The van der Waals surface area contributed by atoms with Crippen LogP contribution in [-0.4, -0.2) is 62.6 Å². The standard InChI is InChI=1S/C33H28N4O6.C2HF3O2/c1-33(2,40)14-12-21-16-25(32(39)37(20-21)22-8-6-5-7-9-22)31(38)36-30-11-10-23(19-35-30)43-27-13-15-34-26-18-29(42-4)28(41-3)17-24(26)27;3-2(4,5)1(6)7/h5-11,13,15-20,40H,1-4H3,(H,35,36,38);(H,6,7). The van der Waals surface area contributed by atoms with Gasteiger partial charge in [-0.15, -0.1) is 0 Å². The second kappa shape index (κ2) is 15.2. The SMILES string of the molecule is COc1cc2nccc(Oc3ccc(NC(=O)c4cc(C#CC(C)(C)O)cn(-c5ccccc5)c4=O)nc3)c2cc1OC.O=C(O)C(F)(F)F. The largest absolute Gasteiger partial charge is 0.493 e. The third-order valence-electron chi connectivity index (χ3n) is 6.46. The molecule has 12 nitrogen and oxygen atoms in total. The number of rotatable bonds is 7. The molecule has 3 aromatic heterocycles. The number of para-hydroxylation sites is 1. The van der Waals surface area contributed by atoms with Gasteiger partial charge in [-0.05, 0) is 56.3 Å². The summed E-state index contributed by atoms with van der Waals surface area (Å²) in [6, 6.07) is 18.7. The Balaban J connectivity index is 0.000000727.